The quantitative estimate of drug-likeness (QED) is 0.734. The van der Waals surface area contributed by atoms with Crippen molar-refractivity contribution >= 4 is 11.3 Å². The van der Waals surface area contributed by atoms with Gasteiger partial charge in [0.25, 0.3) is 0 Å². The normalized spacial score (nSPS) is 10.9. The van der Waals surface area contributed by atoms with E-state index < -0.39 is 0 Å². The summed E-state index contributed by atoms with van der Waals surface area (Å²) in [6.07, 6.45) is 1.23. The van der Waals surface area contributed by atoms with E-state index in [1.165, 1.54) is 11.3 Å². The maximum atomic E-state index is 5.23. The van der Waals surface area contributed by atoms with Crippen molar-refractivity contribution in [1.29, 1.82) is 0 Å². The molecular weight excluding hydrogens is 194 g/mol. The molecule has 0 aliphatic rings. The molecule has 0 radical (unpaired) electrons. The molecule has 1 rings (SSSR count). The second-order valence-corrected chi connectivity index (χ2v) is 4.77. The summed E-state index contributed by atoms with van der Waals surface area (Å²) in [4.78, 5) is 1.29. The van der Waals surface area contributed by atoms with Crippen molar-refractivity contribution in [2.24, 2.45) is 5.92 Å². The van der Waals surface area contributed by atoms with Crippen molar-refractivity contribution in [2.45, 2.75) is 26.8 Å². The zero-order valence-electron chi connectivity index (χ0n) is 9.17. The Bertz CT molecular complexity index is 258. The number of hydrogen-bond donors (Lipinski definition) is 1. The monoisotopic (exact) mass is 213 g/mol. The van der Waals surface area contributed by atoms with Crippen LogP contribution in [0.1, 0.15) is 25.1 Å². The molecule has 0 atom stereocenters. The highest BCUT2D eigenvalue weighted by molar-refractivity contribution is 7.10. The molecule has 80 valence electrons. The van der Waals surface area contributed by atoms with Gasteiger partial charge in [-0.25, -0.2) is 0 Å². The molecule has 1 heterocycles. The van der Waals surface area contributed by atoms with Gasteiger partial charge in [0.2, 0.25) is 0 Å². The Labute approximate surface area is 90.3 Å². The fourth-order valence-electron chi connectivity index (χ4n) is 1.23. The third-order valence-corrected chi connectivity index (χ3v) is 3.01. The van der Waals surface area contributed by atoms with Crippen molar-refractivity contribution in [3.8, 4) is 5.75 Å². The third-order valence-electron chi connectivity index (χ3n) is 2.11. The first kappa shape index (κ1) is 11.5. The van der Waals surface area contributed by atoms with Crippen LogP contribution in [0.25, 0.3) is 0 Å². The van der Waals surface area contributed by atoms with E-state index in [0.717, 1.165) is 24.8 Å². The summed E-state index contributed by atoms with van der Waals surface area (Å²) >= 11 is 1.75. The minimum Gasteiger partial charge on any atom is -0.496 e. The van der Waals surface area contributed by atoms with Crippen LogP contribution < -0.4 is 10.1 Å². The summed E-state index contributed by atoms with van der Waals surface area (Å²) in [7, 11) is 1.72. The molecule has 0 spiro atoms. The Morgan fingerprint density at radius 1 is 1.50 bits per heavy atom. The van der Waals surface area contributed by atoms with Gasteiger partial charge in [-0.15, -0.1) is 11.3 Å². The average Bonchev–Trinajstić information content (AvgIpc) is 2.59. The van der Waals surface area contributed by atoms with E-state index >= 15 is 0 Å². The first-order valence-corrected chi connectivity index (χ1v) is 5.93. The van der Waals surface area contributed by atoms with E-state index in [0.29, 0.717) is 0 Å². The molecule has 0 unspecified atom stereocenters. The molecule has 0 saturated heterocycles. The predicted octanol–water partition coefficient (Wildman–Crippen LogP) is 2.89. The van der Waals surface area contributed by atoms with Crippen molar-refractivity contribution in [1.82, 2.24) is 5.32 Å². The van der Waals surface area contributed by atoms with Gasteiger partial charge in [-0.3, -0.25) is 0 Å². The summed E-state index contributed by atoms with van der Waals surface area (Å²) in [5, 5.41) is 5.49. The number of hydrogen-bond acceptors (Lipinski definition) is 3. The lowest BCUT2D eigenvalue weighted by atomic mass is 10.1. The molecule has 1 N–H and O–H groups in total. The minimum absolute atomic E-state index is 0.771. The van der Waals surface area contributed by atoms with Gasteiger partial charge >= 0.3 is 0 Å². The maximum absolute atomic E-state index is 5.23. The molecule has 0 saturated carbocycles. The molecule has 3 heteroatoms. The first-order valence-electron chi connectivity index (χ1n) is 5.05. The fourth-order valence-corrected chi connectivity index (χ4v) is 2.04. The SMILES string of the molecule is COc1ccsc1CNCCC(C)C. The average molecular weight is 213 g/mol. The van der Waals surface area contributed by atoms with Crippen LogP contribution in [0.5, 0.6) is 5.75 Å². The maximum Gasteiger partial charge on any atom is 0.134 e. The molecule has 0 amide bonds. The highest BCUT2D eigenvalue weighted by Crippen LogP contribution is 2.23. The lowest BCUT2D eigenvalue weighted by molar-refractivity contribution is 0.410. The topological polar surface area (TPSA) is 21.3 Å². The van der Waals surface area contributed by atoms with Gasteiger partial charge in [0.1, 0.15) is 5.75 Å². The van der Waals surface area contributed by atoms with Crippen molar-refractivity contribution in [3.63, 3.8) is 0 Å². The van der Waals surface area contributed by atoms with Crippen molar-refractivity contribution in [3.05, 3.63) is 16.3 Å². The summed E-state index contributed by atoms with van der Waals surface area (Å²) in [6.45, 7) is 6.49. The zero-order valence-corrected chi connectivity index (χ0v) is 9.99. The number of nitrogens with one attached hydrogen (secondary N) is 1. The zero-order chi connectivity index (χ0) is 10.4. The molecule has 14 heavy (non-hydrogen) atoms. The van der Waals surface area contributed by atoms with Crippen molar-refractivity contribution < 1.29 is 4.74 Å². The summed E-state index contributed by atoms with van der Waals surface area (Å²) in [5.41, 5.74) is 0. The Hall–Kier alpha value is -0.540. The van der Waals surface area contributed by atoms with E-state index in [9.17, 15) is 0 Å². The smallest absolute Gasteiger partial charge is 0.134 e. The second kappa shape index (κ2) is 6.04. The molecule has 0 bridgehead atoms. The number of rotatable bonds is 6. The van der Waals surface area contributed by atoms with Gasteiger partial charge in [-0.2, -0.15) is 0 Å². The summed E-state index contributed by atoms with van der Waals surface area (Å²) < 4.78 is 5.23. The van der Waals surface area contributed by atoms with Gasteiger partial charge in [-0.05, 0) is 30.3 Å². The standard InChI is InChI=1S/C11H19NOS/c1-9(2)4-6-12-8-11-10(13-3)5-7-14-11/h5,7,9,12H,4,6,8H2,1-3H3. The van der Waals surface area contributed by atoms with Gasteiger partial charge < -0.3 is 10.1 Å². The molecule has 0 aliphatic heterocycles. The fraction of sp³-hybridized carbons (Fsp3) is 0.636. The van der Waals surface area contributed by atoms with E-state index in [4.69, 9.17) is 4.74 Å². The molecule has 1 aromatic rings. The lowest BCUT2D eigenvalue weighted by Gasteiger charge is -2.06. The molecule has 2 nitrogen and oxygen atoms in total. The largest absolute Gasteiger partial charge is 0.496 e. The number of methoxy groups -OCH3 is 1. The van der Waals surface area contributed by atoms with Crippen LogP contribution in [0.2, 0.25) is 0 Å². The van der Waals surface area contributed by atoms with Gasteiger partial charge in [0.15, 0.2) is 0 Å². The minimum atomic E-state index is 0.771. The Morgan fingerprint density at radius 2 is 2.29 bits per heavy atom. The van der Waals surface area contributed by atoms with Crippen LogP contribution >= 0.6 is 11.3 Å². The van der Waals surface area contributed by atoms with E-state index in [1.807, 2.05) is 6.07 Å². The van der Waals surface area contributed by atoms with Crippen LogP contribution in [0.4, 0.5) is 0 Å². The summed E-state index contributed by atoms with van der Waals surface area (Å²) in [6, 6.07) is 2.02. The number of ether oxygens (including phenoxy) is 1. The van der Waals surface area contributed by atoms with Gasteiger partial charge in [0, 0.05) is 6.54 Å². The van der Waals surface area contributed by atoms with Crippen LogP contribution in [0.3, 0.4) is 0 Å². The molecule has 0 aromatic carbocycles. The van der Waals surface area contributed by atoms with E-state index in [1.54, 1.807) is 18.4 Å². The molecule has 0 aliphatic carbocycles. The third kappa shape index (κ3) is 3.68. The highest BCUT2D eigenvalue weighted by Gasteiger charge is 2.03. The molecule has 1 aromatic heterocycles. The lowest BCUT2D eigenvalue weighted by Crippen LogP contribution is -2.15. The second-order valence-electron chi connectivity index (χ2n) is 3.77. The molecular formula is C11H19NOS. The number of thiophene rings is 1. The van der Waals surface area contributed by atoms with Gasteiger partial charge in [-0.1, -0.05) is 13.8 Å². The van der Waals surface area contributed by atoms with E-state index in [2.05, 4.69) is 24.5 Å². The predicted molar refractivity (Wildman–Crippen MR) is 62.0 cm³/mol. The molecule has 0 fully saturated rings. The van der Waals surface area contributed by atoms with Crippen molar-refractivity contribution in [2.75, 3.05) is 13.7 Å². The Morgan fingerprint density at radius 3 is 2.93 bits per heavy atom. The van der Waals surface area contributed by atoms with Crippen LogP contribution in [0, 0.1) is 5.92 Å². The van der Waals surface area contributed by atoms with Crippen LogP contribution in [-0.2, 0) is 6.54 Å². The van der Waals surface area contributed by atoms with Crippen LogP contribution in [-0.4, -0.2) is 13.7 Å². The Balaban J connectivity index is 2.24. The summed E-state index contributed by atoms with van der Waals surface area (Å²) in [5.74, 6) is 1.78. The highest BCUT2D eigenvalue weighted by atomic mass is 32.1. The van der Waals surface area contributed by atoms with Gasteiger partial charge in [0.05, 0.1) is 12.0 Å². The Kier molecular flexibility index (Phi) is 4.98. The van der Waals surface area contributed by atoms with E-state index in [-0.39, 0.29) is 0 Å². The first-order chi connectivity index (χ1) is 6.74. The van der Waals surface area contributed by atoms with Crippen LogP contribution in [0.15, 0.2) is 11.4 Å².